The average molecular weight is 489 g/mol. The number of benzene rings is 2. The first kappa shape index (κ1) is 23.7. The highest BCUT2D eigenvalue weighted by Gasteiger charge is 2.31. The molecule has 0 saturated heterocycles. The Bertz CT molecular complexity index is 1240. The van der Waals surface area contributed by atoms with Gasteiger partial charge in [0.25, 0.3) is 5.89 Å². The first-order chi connectivity index (χ1) is 17.7. The van der Waals surface area contributed by atoms with Gasteiger partial charge in [0.15, 0.2) is 12.4 Å². The molecule has 9 heteroatoms. The second-order valence-corrected chi connectivity index (χ2v) is 8.87. The summed E-state index contributed by atoms with van der Waals surface area (Å²) in [7, 11) is 1.62. The number of hydrogen-bond donors (Lipinski definition) is 1. The molecule has 1 N–H and O–H groups in total. The molecule has 0 bridgehead atoms. The van der Waals surface area contributed by atoms with Crippen molar-refractivity contribution in [2.75, 3.05) is 26.9 Å². The van der Waals surface area contributed by atoms with Crippen molar-refractivity contribution in [2.45, 2.75) is 39.5 Å². The first-order valence-electron chi connectivity index (χ1n) is 12.4. The van der Waals surface area contributed by atoms with Gasteiger partial charge in [-0.2, -0.15) is 4.98 Å². The zero-order valence-corrected chi connectivity index (χ0v) is 21.0. The van der Waals surface area contributed by atoms with E-state index in [0.29, 0.717) is 11.7 Å². The molecule has 2 aliphatic heterocycles. The number of fused-ring (bicyclic) bond motifs is 1. The van der Waals surface area contributed by atoms with E-state index in [0.717, 1.165) is 66.8 Å². The Kier molecular flexibility index (Phi) is 7.06. The lowest BCUT2D eigenvalue weighted by Crippen LogP contribution is -2.45. The van der Waals surface area contributed by atoms with Crippen molar-refractivity contribution in [3.05, 3.63) is 71.8 Å². The van der Waals surface area contributed by atoms with E-state index < -0.39 is 0 Å². The molecule has 2 aliphatic rings. The van der Waals surface area contributed by atoms with Crippen molar-refractivity contribution in [3.63, 3.8) is 0 Å². The first-order valence-corrected chi connectivity index (χ1v) is 12.4. The summed E-state index contributed by atoms with van der Waals surface area (Å²) in [6.45, 7) is 7.54. The molecule has 0 fully saturated rings. The van der Waals surface area contributed by atoms with Crippen molar-refractivity contribution in [2.24, 2.45) is 4.99 Å². The summed E-state index contributed by atoms with van der Waals surface area (Å²) in [5, 5.41) is 7.61. The van der Waals surface area contributed by atoms with E-state index in [2.05, 4.69) is 45.3 Å². The fourth-order valence-corrected chi connectivity index (χ4v) is 4.40. The Morgan fingerprint density at radius 2 is 1.89 bits per heavy atom. The van der Waals surface area contributed by atoms with E-state index in [1.54, 1.807) is 7.11 Å². The summed E-state index contributed by atoms with van der Waals surface area (Å²) < 4.78 is 16.5. The predicted molar refractivity (Wildman–Crippen MR) is 137 cm³/mol. The van der Waals surface area contributed by atoms with Gasteiger partial charge in [0.2, 0.25) is 5.82 Å². The second kappa shape index (κ2) is 10.7. The van der Waals surface area contributed by atoms with Crippen LogP contribution in [0.2, 0.25) is 0 Å². The van der Waals surface area contributed by atoms with Gasteiger partial charge < -0.3 is 29.1 Å². The Labute approximate surface area is 211 Å². The molecule has 1 unspecified atom stereocenters. The van der Waals surface area contributed by atoms with Gasteiger partial charge >= 0.3 is 0 Å². The molecular weight excluding hydrogens is 456 g/mol. The normalized spacial score (nSPS) is 16.8. The molecule has 0 aliphatic carbocycles. The fourth-order valence-electron chi connectivity index (χ4n) is 4.40. The highest BCUT2D eigenvalue weighted by Crippen LogP contribution is 2.28. The van der Waals surface area contributed by atoms with Crippen LogP contribution in [0.5, 0.6) is 11.5 Å². The van der Waals surface area contributed by atoms with Gasteiger partial charge in [0.05, 0.1) is 19.5 Å². The lowest BCUT2D eigenvalue weighted by molar-refractivity contribution is 0.235. The van der Waals surface area contributed by atoms with Crippen LogP contribution in [-0.2, 0) is 6.61 Å². The van der Waals surface area contributed by atoms with E-state index in [1.165, 1.54) is 0 Å². The minimum Gasteiger partial charge on any atom is -0.497 e. The Morgan fingerprint density at radius 3 is 2.67 bits per heavy atom. The average Bonchev–Trinajstić information content (AvgIpc) is 3.56. The number of methoxy groups -OCH3 is 1. The quantitative estimate of drug-likeness (QED) is 0.444. The minimum atomic E-state index is -0.108. The summed E-state index contributed by atoms with van der Waals surface area (Å²) in [6.07, 6.45) is 4.30. The third-order valence-electron chi connectivity index (χ3n) is 6.10. The molecule has 188 valence electrons. The molecule has 0 saturated carbocycles. The van der Waals surface area contributed by atoms with Gasteiger partial charge in [-0.05, 0) is 48.7 Å². The molecule has 0 spiro atoms. The maximum atomic E-state index is 5.90. The number of ether oxygens (including phenoxy) is 2. The monoisotopic (exact) mass is 488 g/mol. The SMILES string of the molecule is CCCN1C=C2NC(c3ccc(OCc4noc(-c5cccc(OC)c5)n4)cc3)N=C2N(CCC)C1. The molecule has 9 nitrogen and oxygen atoms in total. The van der Waals surface area contributed by atoms with Crippen molar-refractivity contribution < 1.29 is 14.0 Å². The number of hydrogen-bond acceptors (Lipinski definition) is 9. The van der Waals surface area contributed by atoms with E-state index in [4.69, 9.17) is 19.0 Å². The third kappa shape index (κ3) is 5.15. The molecule has 2 aromatic carbocycles. The van der Waals surface area contributed by atoms with Gasteiger partial charge in [-0.15, -0.1) is 0 Å². The van der Waals surface area contributed by atoms with Gasteiger partial charge in [0.1, 0.15) is 17.7 Å². The summed E-state index contributed by atoms with van der Waals surface area (Å²) in [6, 6.07) is 15.5. The molecule has 1 aromatic heterocycles. The van der Waals surface area contributed by atoms with Crippen molar-refractivity contribution >= 4 is 5.84 Å². The van der Waals surface area contributed by atoms with E-state index >= 15 is 0 Å². The van der Waals surface area contributed by atoms with Crippen LogP contribution in [0.1, 0.15) is 44.2 Å². The molecule has 3 heterocycles. The number of aromatic nitrogens is 2. The molecule has 0 radical (unpaired) electrons. The van der Waals surface area contributed by atoms with Crippen LogP contribution in [-0.4, -0.2) is 52.6 Å². The number of aliphatic imine (C=N–C) groups is 1. The van der Waals surface area contributed by atoms with Crippen LogP contribution >= 0.6 is 0 Å². The predicted octanol–water partition coefficient (Wildman–Crippen LogP) is 4.56. The van der Waals surface area contributed by atoms with Crippen LogP contribution in [0.3, 0.4) is 0 Å². The Balaban J connectivity index is 1.22. The van der Waals surface area contributed by atoms with Crippen LogP contribution < -0.4 is 14.8 Å². The minimum absolute atomic E-state index is 0.108. The van der Waals surface area contributed by atoms with Crippen LogP contribution in [0.15, 0.2) is 69.9 Å². The number of nitrogens with one attached hydrogen (secondary N) is 1. The lowest BCUT2D eigenvalue weighted by Gasteiger charge is -2.35. The maximum absolute atomic E-state index is 5.90. The van der Waals surface area contributed by atoms with Gasteiger partial charge in [0, 0.05) is 24.9 Å². The van der Waals surface area contributed by atoms with Crippen LogP contribution in [0, 0.1) is 0 Å². The Hall–Kier alpha value is -4.01. The molecular formula is C27H32N6O3. The number of rotatable bonds is 10. The molecule has 3 aromatic rings. The van der Waals surface area contributed by atoms with Crippen LogP contribution in [0.25, 0.3) is 11.5 Å². The molecule has 5 rings (SSSR count). The Morgan fingerprint density at radius 1 is 1.06 bits per heavy atom. The fraction of sp³-hybridized carbons (Fsp3) is 0.370. The zero-order chi connectivity index (χ0) is 24.9. The van der Waals surface area contributed by atoms with Crippen molar-refractivity contribution in [1.29, 1.82) is 0 Å². The largest absolute Gasteiger partial charge is 0.497 e. The van der Waals surface area contributed by atoms with Gasteiger partial charge in [-0.25, -0.2) is 4.99 Å². The maximum Gasteiger partial charge on any atom is 0.258 e. The van der Waals surface area contributed by atoms with Gasteiger partial charge in [-0.3, -0.25) is 0 Å². The molecule has 1 atom stereocenters. The van der Waals surface area contributed by atoms with Crippen molar-refractivity contribution in [1.82, 2.24) is 25.3 Å². The summed E-state index contributed by atoms with van der Waals surface area (Å²) in [5.41, 5.74) is 2.98. The summed E-state index contributed by atoms with van der Waals surface area (Å²) in [4.78, 5) is 14.1. The third-order valence-corrected chi connectivity index (χ3v) is 6.10. The van der Waals surface area contributed by atoms with Crippen LogP contribution in [0.4, 0.5) is 0 Å². The standard InChI is InChI=1S/C27H32N6O3/c1-4-13-32-16-23-26(33(18-32)14-5-2)30-25(28-23)19-9-11-21(12-10-19)35-17-24-29-27(36-31-24)20-7-6-8-22(15-20)34-3/h6-12,15-16,25,28H,4-5,13-14,17-18H2,1-3H3. The lowest BCUT2D eigenvalue weighted by atomic mass is 10.2. The van der Waals surface area contributed by atoms with E-state index in [9.17, 15) is 0 Å². The highest BCUT2D eigenvalue weighted by molar-refractivity contribution is 6.00. The van der Waals surface area contributed by atoms with Crippen molar-refractivity contribution in [3.8, 4) is 23.0 Å². The number of nitrogens with zero attached hydrogens (tertiary/aromatic N) is 5. The topological polar surface area (TPSA) is 88.2 Å². The van der Waals surface area contributed by atoms with E-state index in [-0.39, 0.29) is 12.8 Å². The summed E-state index contributed by atoms with van der Waals surface area (Å²) >= 11 is 0. The zero-order valence-electron chi connectivity index (χ0n) is 21.0. The van der Waals surface area contributed by atoms with Gasteiger partial charge in [-0.1, -0.05) is 37.2 Å². The number of amidine groups is 1. The smallest absolute Gasteiger partial charge is 0.258 e. The summed E-state index contributed by atoms with van der Waals surface area (Å²) in [5.74, 6) is 3.43. The van der Waals surface area contributed by atoms with E-state index in [1.807, 2.05) is 48.5 Å². The second-order valence-electron chi connectivity index (χ2n) is 8.87. The highest BCUT2D eigenvalue weighted by atomic mass is 16.5. The molecule has 0 amide bonds. The molecule has 36 heavy (non-hydrogen) atoms.